The summed E-state index contributed by atoms with van der Waals surface area (Å²) in [6.45, 7) is 0. The minimum atomic E-state index is -1.15. The lowest BCUT2D eigenvalue weighted by atomic mass is 9.94. The number of imide groups is 1. The van der Waals surface area contributed by atoms with Crippen molar-refractivity contribution in [1.82, 2.24) is 9.47 Å². The van der Waals surface area contributed by atoms with Gasteiger partial charge in [0.15, 0.2) is 0 Å². The molecule has 47 heavy (non-hydrogen) atoms. The normalized spacial score (nSPS) is 15.3. The summed E-state index contributed by atoms with van der Waals surface area (Å²) in [6.07, 6.45) is 5.15. The number of carbonyl (C=O) groups excluding carboxylic acids is 3. The number of benzene rings is 4. The highest BCUT2D eigenvalue weighted by Crippen LogP contribution is 2.46. The molecule has 5 aromatic rings. The lowest BCUT2D eigenvalue weighted by Gasteiger charge is -2.29. The molecule has 1 aliphatic heterocycles. The molecule has 232 valence electrons. The average molecular weight is 619 g/mol. The standard InChI is InChI=1S/C40H34N4O3/c41-26-33-35(28-17-7-2-8-18-28)36(29-19-9-3-10-20-29)43(30-21-11-4-12-22-30)37(33)42-38(45)34(25-27-15-5-1-6-16-27)44-39(46)31-23-13-14-24-32(31)40(44)47/h1-3,5-10,13-20,23-24,30,34H,4,11-12,21-22,25H2,(H,42,45). The van der Waals surface area contributed by atoms with Gasteiger partial charge in [-0.05, 0) is 41.7 Å². The molecule has 0 bridgehead atoms. The Bertz CT molecular complexity index is 1950. The smallest absolute Gasteiger partial charge is 0.262 e. The molecule has 7 heteroatoms. The van der Waals surface area contributed by atoms with Crippen LogP contribution in [0.4, 0.5) is 5.82 Å². The number of hydrogen-bond acceptors (Lipinski definition) is 4. The average Bonchev–Trinajstić information content (AvgIpc) is 3.59. The molecule has 0 radical (unpaired) electrons. The van der Waals surface area contributed by atoms with E-state index in [4.69, 9.17) is 0 Å². The summed E-state index contributed by atoms with van der Waals surface area (Å²) in [5.74, 6) is -1.12. The molecule has 1 fully saturated rings. The number of anilines is 1. The third-order valence-electron chi connectivity index (χ3n) is 9.32. The van der Waals surface area contributed by atoms with Gasteiger partial charge in [0, 0.05) is 18.0 Å². The van der Waals surface area contributed by atoms with E-state index in [1.807, 2.05) is 91.0 Å². The van der Waals surface area contributed by atoms with Crippen molar-refractivity contribution in [3.05, 3.63) is 138 Å². The van der Waals surface area contributed by atoms with Crippen molar-refractivity contribution in [1.29, 1.82) is 5.26 Å². The fourth-order valence-electron chi connectivity index (χ4n) is 7.12. The molecule has 1 N–H and O–H groups in total. The summed E-state index contributed by atoms with van der Waals surface area (Å²) in [6, 6.07) is 37.2. The van der Waals surface area contributed by atoms with Gasteiger partial charge in [-0.25, -0.2) is 0 Å². The Morgan fingerprint density at radius 2 is 1.28 bits per heavy atom. The Morgan fingerprint density at radius 3 is 1.85 bits per heavy atom. The van der Waals surface area contributed by atoms with Crippen LogP contribution < -0.4 is 5.32 Å². The maximum Gasteiger partial charge on any atom is 0.262 e. The van der Waals surface area contributed by atoms with Crippen LogP contribution in [0.1, 0.15) is 70.0 Å². The second-order valence-corrected chi connectivity index (χ2v) is 12.2. The van der Waals surface area contributed by atoms with Gasteiger partial charge in [0.05, 0.1) is 16.8 Å². The van der Waals surface area contributed by atoms with Crippen LogP contribution in [0.2, 0.25) is 0 Å². The molecule has 1 aliphatic carbocycles. The predicted molar refractivity (Wildman–Crippen MR) is 182 cm³/mol. The Labute approximate surface area is 274 Å². The number of nitrogens with zero attached hydrogens (tertiary/aromatic N) is 3. The SMILES string of the molecule is N#Cc1c(-c2ccccc2)c(-c2ccccc2)n(C2CCCCC2)c1NC(=O)C(Cc1ccccc1)N1C(=O)c2ccccc2C1=O. The summed E-state index contributed by atoms with van der Waals surface area (Å²) in [5, 5.41) is 14.0. The Morgan fingerprint density at radius 1 is 0.745 bits per heavy atom. The van der Waals surface area contributed by atoms with Crippen LogP contribution in [0.3, 0.4) is 0 Å². The van der Waals surface area contributed by atoms with Gasteiger partial charge >= 0.3 is 0 Å². The van der Waals surface area contributed by atoms with E-state index < -0.39 is 23.8 Å². The first kappa shape index (κ1) is 29.9. The van der Waals surface area contributed by atoms with Crippen LogP contribution in [-0.4, -0.2) is 33.2 Å². The monoisotopic (exact) mass is 618 g/mol. The Balaban J connectivity index is 1.40. The molecule has 1 aromatic heterocycles. The number of amides is 3. The molecule has 0 spiro atoms. The summed E-state index contributed by atoms with van der Waals surface area (Å²) in [4.78, 5) is 43.2. The number of nitriles is 1. The number of rotatable bonds is 8. The molecule has 2 heterocycles. The largest absolute Gasteiger partial charge is 0.322 e. The Hall–Kier alpha value is -5.74. The maximum absolute atomic E-state index is 14.7. The van der Waals surface area contributed by atoms with E-state index in [1.165, 1.54) is 0 Å². The first-order valence-corrected chi connectivity index (χ1v) is 16.2. The molecule has 4 aromatic carbocycles. The van der Waals surface area contributed by atoms with Crippen LogP contribution in [0.25, 0.3) is 22.4 Å². The van der Waals surface area contributed by atoms with Gasteiger partial charge < -0.3 is 9.88 Å². The van der Waals surface area contributed by atoms with E-state index in [2.05, 4.69) is 16.0 Å². The lowest BCUT2D eigenvalue weighted by molar-refractivity contribution is -0.120. The van der Waals surface area contributed by atoms with Crippen molar-refractivity contribution in [3.8, 4) is 28.5 Å². The molecule has 7 rings (SSSR count). The van der Waals surface area contributed by atoms with Gasteiger partial charge in [-0.15, -0.1) is 0 Å². The van der Waals surface area contributed by atoms with Crippen LogP contribution in [0, 0.1) is 11.3 Å². The zero-order valence-electron chi connectivity index (χ0n) is 25.9. The predicted octanol–water partition coefficient (Wildman–Crippen LogP) is 8.04. The first-order valence-electron chi connectivity index (χ1n) is 16.2. The van der Waals surface area contributed by atoms with Gasteiger partial charge in [-0.1, -0.05) is 122 Å². The van der Waals surface area contributed by atoms with E-state index in [0.29, 0.717) is 11.4 Å². The Kier molecular flexibility index (Phi) is 8.24. The van der Waals surface area contributed by atoms with Crippen LogP contribution in [0.15, 0.2) is 115 Å². The summed E-state index contributed by atoms with van der Waals surface area (Å²) in [5.41, 5.74) is 5.16. The third-order valence-corrected chi connectivity index (χ3v) is 9.32. The van der Waals surface area contributed by atoms with Crippen LogP contribution >= 0.6 is 0 Å². The van der Waals surface area contributed by atoms with Gasteiger partial charge in [0.25, 0.3) is 11.8 Å². The van der Waals surface area contributed by atoms with Crippen LogP contribution in [-0.2, 0) is 11.2 Å². The van der Waals surface area contributed by atoms with Gasteiger partial charge in [0.2, 0.25) is 5.91 Å². The molecule has 1 saturated carbocycles. The number of carbonyl (C=O) groups is 3. The molecule has 1 unspecified atom stereocenters. The summed E-state index contributed by atoms with van der Waals surface area (Å²) >= 11 is 0. The molecule has 7 nitrogen and oxygen atoms in total. The molecule has 0 saturated heterocycles. The van der Waals surface area contributed by atoms with E-state index in [9.17, 15) is 19.6 Å². The van der Waals surface area contributed by atoms with E-state index in [0.717, 1.165) is 65.0 Å². The van der Waals surface area contributed by atoms with Gasteiger partial charge in [0.1, 0.15) is 23.5 Å². The fourth-order valence-corrected chi connectivity index (χ4v) is 7.12. The van der Waals surface area contributed by atoms with Gasteiger partial charge in [-0.2, -0.15) is 5.26 Å². The molecular weight excluding hydrogens is 584 g/mol. The van der Waals surface area contributed by atoms with Crippen molar-refractivity contribution in [3.63, 3.8) is 0 Å². The highest BCUT2D eigenvalue weighted by Gasteiger charge is 2.43. The third kappa shape index (κ3) is 5.53. The zero-order valence-corrected chi connectivity index (χ0v) is 25.9. The number of nitrogens with one attached hydrogen (secondary N) is 1. The van der Waals surface area contributed by atoms with E-state index >= 15 is 0 Å². The number of hydrogen-bond donors (Lipinski definition) is 1. The molecule has 3 amide bonds. The number of fused-ring (bicyclic) bond motifs is 1. The summed E-state index contributed by atoms with van der Waals surface area (Å²) in [7, 11) is 0. The van der Waals surface area contributed by atoms with Crippen molar-refractivity contribution >= 4 is 23.5 Å². The zero-order chi connectivity index (χ0) is 32.3. The maximum atomic E-state index is 14.7. The molecular formula is C40H34N4O3. The second-order valence-electron chi connectivity index (χ2n) is 12.2. The van der Waals surface area contributed by atoms with Gasteiger partial charge in [-0.3, -0.25) is 19.3 Å². The quantitative estimate of drug-likeness (QED) is 0.178. The topological polar surface area (TPSA) is 95.2 Å². The fraction of sp³-hybridized carbons (Fsp3) is 0.200. The highest BCUT2D eigenvalue weighted by molar-refractivity contribution is 6.23. The summed E-state index contributed by atoms with van der Waals surface area (Å²) < 4.78 is 2.15. The van der Waals surface area contributed by atoms with Crippen molar-refractivity contribution in [2.75, 3.05) is 5.32 Å². The van der Waals surface area contributed by atoms with Crippen LogP contribution in [0.5, 0.6) is 0 Å². The van der Waals surface area contributed by atoms with Crippen molar-refractivity contribution in [2.24, 2.45) is 0 Å². The number of aromatic nitrogens is 1. The first-order chi connectivity index (χ1) is 23.1. The van der Waals surface area contributed by atoms with E-state index in [-0.39, 0.29) is 23.6 Å². The second kappa shape index (κ2) is 12.9. The minimum absolute atomic E-state index is 0.0469. The lowest BCUT2D eigenvalue weighted by Crippen LogP contribution is -2.48. The molecule has 1 atom stereocenters. The highest BCUT2D eigenvalue weighted by atomic mass is 16.2. The molecule has 2 aliphatic rings. The van der Waals surface area contributed by atoms with Crippen molar-refractivity contribution in [2.45, 2.75) is 50.6 Å². The minimum Gasteiger partial charge on any atom is -0.322 e. The van der Waals surface area contributed by atoms with E-state index in [1.54, 1.807) is 24.3 Å². The van der Waals surface area contributed by atoms with Crippen molar-refractivity contribution < 1.29 is 14.4 Å².